The van der Waals surface area contributed by atoms with Crippen LogP contribution in [0.15, 0.2) is 42.6 Å². The number of pyridine rings is 1. The Kier molecular flexibility index (Phi) is 10.0. The highest BCUT2D eigenvalue weighted by atomic mass is 16.7. The number of aromatic nitrogens is 1. The summed E-state index contributed by atoms with van der Waals surface area (Å²) in [6.45, 7) is 3.26. The predicted octanol–water partition coefficient (Wildman–Crippen LogP) is 2.03. The van der Waals surface area contributed by atoms with Crippen LogP contribution in [-0.4, -0.2) is 68.2 Å². The third-order valence-corrected chi connectivity index (χ3v) is 5.32. The Bertz CT molecular complexity index is 1030. The molecule has 0 saturated carbocycles. The van der Waals surface area contributed by atoms with E-state index in [1.807, 2.05) is 30.3 Å². The topological polar surface area (TPSA) is 132 Å². The van der Waals surface area contributed by atoms with Crippen LogP contribution in [0.4, 0.5) is 0 Å². The maximum atomic E-state index is 13.0. The second kappa shape index (κ2) is 13.4. The highest BCUT2D eigenvalue weighted by molar-refractivity contribution is 5.98. The molecule has 2 aromatic rings. The summed E-state index contributed by atoms with van der Waals surface area (Å²) < 4.78 is 32.7. The van der Waals surface area contributed by atoms with Crippen molar-refractivity contribution < 1.29 is 42.8 Å². The zero-order valence-electron chi connectivity index (χ0n) is 20.4. The van der Waals surface area contributed by atoms with Gasteiger partial charge in [-0.1, -0.05) is 30.3 Å². The Morgan fingerprint density at radius 1 is 1.19 bits per heavy atom. The largest absolute Gasteiger partial charge is 0.493 e. The summed E-state index contributed by atoms with van der Waals surface area (Å²) in [5.41, 5.74) is 0.839. The van der Waals surface area contributed by atoms with E-state index in [2.05, 4.69) is 10.3 Å². The fourth-order valence-corrected chi connectivity index (χ4v) is 3.38. The summed E-state index contributed by atoms with van der Waals surface area (Å²) in [7, 11) is 1.39. The summed E-state index contributed by atoms with van der Waals surface area (Å²) in [5.74, 6) is -1.71. The molecule has 1 aliphatic heterocycles. The minimum absolute atomic E-state index is 0.0332. The second-order valence-electron chi connectivity index (χ2n) is 7.96. The zero-order chi connectivity index (χ0) is 25.9. The summed E-state index contributed by atoms with van der Waals surface area (Å²) in [6, 6.07) is 10.1. The minimum atomic E-state index is -0.998. The molecule has 1 amide bonds. The van der Waals surface area contributed by atoms with Gasteiger partial charge in [0.15, 0.2) is 17.2 Å². The van der Waals surface area contributed by atoms with E-state index < -0.39 is 42.9 Å². The molecule has 0 radical (unpaired) electrons. The zero-order valence-corrected chi connectivity index (χ0v) is 20.4. The summed E-state index contributed by atoms with van der Waals surface area (Å²) in [5, 5.41) is 2.62. The highest BCUT2D eigenvalue weighted by Crippen LogP contribution is 2.29. The number of esters is 2. The number of methoxy groups -OCH3 is 1. The van der Waals surface area contributed by atoms with Crippen molar-refractivity contribution in [1.82, 2.24) is 10.3 Å². The Labute approximate surface area is 209 Å². The van der Waals surface area contributed by atoms with Gasteiger partial charge < -0.3 is 33.7 Å². The number of hydrogen-bond acceptors (Lipinski definition) is 10. The first-order valence-corrected chi connectivity index (χ1v) is 11.4. The van der Waals surface area contributed by atoms with E-state index >= 15 is 0 Å². The molecule has 0 spiro atoms. The molecule has 194 valence electrons. The van der Waals surface area contributed by atoms with Crippen molar-refractivity contribution >= 4 is 17.8 Å². The lowest BCUT2D eigenvalue weighted by Gasteiger charge is -2.24. The van der Waals surface area contributed by atoms with Gasteiger partial charge in [-0.15, -0.1) is 0 Å². The molecule has 2 heterocycles. The first kappa shape index (κ1) is 26.9. The lowest BCUT2D eigenvalue weighted by atomic mass is 10.2. The average Bonchev–Trinajstić information content (AvgIpc) is 2.93. The van der Waals surface area contributed by atoms with Crippen molar-refractivity contribution in [2.24, 2.45) is 0 Å². The second-order valence-corrected chi connectivity index (χ2v) is 7.96. The molecule has 1 aromatic heterocycles. The van der Waals surface area contributed by atoms with E-state index in [9.17, 15) is 14.4 Å². The van der Waals surface area contributed by atoms with Gasteiger partial charge in [-0.2, -0.15) is 0 Å². The SMILES string of the molecule is COc1ccnc(C(=O)N[C@H]2CCOC[C@@H](OCc3ccccc3)[C@H](C)OC2=O)c1OCOC(C)=O. The fraction of sp³-hybridized carbons (Fsp3) is 0.440. The number of benzene rings is 1. The fourth-order valence-electron chi connectivity index (χ4n) is 3.38. The first-order chi connectivity index (χ1) is 17.4. The van der Waals surface area contributed by atoms with E-state index in [0.717, 1.165) is 5.56 Å². The van der Waals surface area contributed by atoms with Gasteiger partial charge in [-0.05, 0) is 12.5 Å². The van der Waals surface area contributed by atoms with E-state index in [0.29, 0.717) is 6.61 Å². The van der Waals surface area contributed by atoms with Crippen molar-refractivity contribution in [3.8, 4) is 11.5 Å². The molecule has 36 heavy (non-hydrogen) atoms. The third-order valence-electron chi connectivity index (χ3n) is 5.32. The van der Waals surface area contributed by atoms with Crippen LogP contribution < -0.4 is 14.8 Å². The summed E-state index contributed by atoms with van der Waals surface area (Å²) in [6.07, 6.45) is 0.436. The lowest BCUT2D eigenvalue weighted by Crippen LogP contribution is -2.44. The third kappa shape index (κ3) is 7.65. The number of amides is 1. The monoisotopic (exact) mass is 502 g/mol. The molecule has 0 unspecified atom stereocenters. The molecular weight excluding hydrogens is 472 g/mol. The molecule has 1 aromatic carbocycles. The Morgan fingerprint density at radius 3 is 2.69 bits per heavy atom. The van der Waals surface area contributed by atoms with Crippen LogP contribution in [0.5, 0.6) is 11.5 Å². The van der Waals surface area contributed by atoms with Crippen molar-refractivity contribution in [3.63, 3.8) is 0 Å². The molecule has 1 saturated heterocycles. The number of nitrogens with one attached hydrogen (secondary N) is 1. The van der Waals surface area contributed by atoms with E-state index in [1.165, 1.54) is 26.3 Å². The number of carbonyl (C=O) groups is 3. The molecule has 3 atom stereocenters. The number of nitrogens with zero attached hydrogens (tertiary/aromatic N) is 1. The number of carbonyl (C=O) groups excluding carboxylic acids is 3. The summed E-state index contributed by atoms with van der Waals surface area (Å²) in [4.78, 5) is 41.0. The van der Waals surface area contributed by atoms with Crippen LogP contribution in [0, 0.1) is 0 Å². The van der Waals surface area contributed by atoms with E-state index in [1.54, 1.807) is 6.92 Å². The first-order valence-electron chi connectivity index (χ1n) is 11.4. The highest BCUT2D eigenvalue weighted by Gasteiger charge is 2.31. The van der Waals surface area contributed by atoms with Crippen molar-refractivity contribution in [1.29, 1.82) is 0 Å². The number of hydrogen-bond donors (Lipinski definition) is 1. The Hall–Kier alpha value is -3.70. The number of rotatable bonds is 9. The minimum Gasteiger partial charge on any atom is -0.493 e. The van der Waals surface area contributed by atoms with Crippen molar-refractivity contribution in [3.05, 3.63) is 53.9 Å². The quantitative estimate of drug-likeness (QED) is 0.401. The van der Waals surface area contributed by atoms with Crippen LogP contribution in [0.1, 0.15) is 36.3 Å². The van der Waals surface area contributed by atoms with Gasteiger partial charge in [-0.25, -0.2) is 9.78 Å². The van der Waals surface area contributed by atoms with Crippen LogP contribution in [0.2, 0.25) is 0 Å². The van der Waals surface area contributed by atoms with Gasteiger partial charge in [0.25, 0.3) is 5.91 Å². The molecule has 3 rings (SSSR count). The van der Waals surface area contributed by atoms with Crippen LogP contribution >= 0.6 is 0 Å². The van der Waals surface area contributed by atoms with Gasteiger partial charge in [0.05, 0.1) is 20.3 Å². The van der Waals surface area contributed by atoms with Crippen LogP contribution in [0.25, 0.3) is 0 Å². The van der Waals surface area contributed by atoms with Crippen LogP contribution in [-0.2, 0) is 35.1 Å². The van der Waals surface area contributed by atoms with Gasteiger partial charge in [-0.3, -0.25) is 9.59 Å². The molecule has 1 N–H and O–H groups in total. The van der Waals surface area contributed by atoms with Crippen molar-refractivity contribution in [2.75, 3.05) is 27.1 Å². The molecule has 1 aliphatic rings. The standard InChI is InChI=1S/C25H30N2O9/c1-16-21(33-13-18-7-5-4-6-8-18)14-32-12-10-19(25(30)36-16)27-24(29)22-23(35-15-34-17(2)28)20(31-3)9-11-26-22/h4-9,11,16,19,21H,10,12-15H2,1-3H3,(H,27,29)/t16-,19-,21+/m0/s1. The maximum absolute atomic E-state index is 13.0. The molecule has 1 fully saturated rings. The maximum Gasteiger partial charge on any atom is 0.329 e. The molecule has 11 heteroatoms. The Morgan fingerprint density at radius 2 is 1.97 bits per heavy atom. The van der Waals surface area contributed by atoms with Crippen LogP contribution in [0.3, 0.4) is 0 Å². The molecular formula is C25H30N2O9. The van der Waals surface area contributed by atoms with Crippen molar-refractivity contribution in [2.45, 2.75) is 45.1 Å². The average molecular weight is 503 g/mol. The predicted molar refractivity (Wildman–Crippen MR) is 125 cm³/mol. The van der Waals surface area contributed by atoms with E-state index in [-0.39, 0.29) is 36.8 Å². The smallest absolute Gasteiger partial charge is 0.329 e. The van der Waals surface area contributed by atoms with Gasteiger partial charge in [0.2, 0.25) is 6.79 Å². The molecule has 0 bridgehead atoms. The summed E-state index contributed by atoms with van der Waals surface area (Å²) >= 11 is 0. The normalized spacial score (nSPS) is 20.2. The lowest BCUT2D eigenvalue weighted by molar-refractivity contribution is -0.160. The van der Waals surface area contributed by atoms with E-state index in [4.69, 9.17) is 28.4 Å². The van der Waals surface area contributed by atoms with Gasteiger partial charge >= 0.3 is 11.9 Å². The van der Waals surface area contributed by atoms with Gasteiger partial charge in [0.1, 0.15) is 18.2 Å². The number of cyclic esters (lactones) is 1. The number of ether oxygens (including phenoxy) is 6. The molecule has 0 aliphatic carbocycles. The Balaban J connectivity index is 1.66. The molecule has 11 nitrogen and oxygen atoms in total. The van der Waals surface area contributed by atoms with Gasteiger partial charge in [0, 0.05) is 32.2 Å².